The number of rotatable bonds is 3. The van der Waals surface area contributed by atoms with Gasteiger partial charge in [0.25, 0.3) is 0 Å². The third-order valence-electron chi connectivity index (χ3n) is 6.31. The highest BCUT2D eigenvalue weighted by molar-refractivity contribution is 7.89. The van der Waals surface area contributed by atoms with Crippen LogP contribution in [0.15, 0.2) is 53.4 Å². The van der Waals surface area contributed by atoms with Crippen molar-refractivity contribution in [2.45, 2.75) is 37.1 Å². The van der Waals surface area contributed by atoms with Crippen molar-refractivity contribution < 1.29 is 13.2 Å². The first-order chi connectivity index (χ1) is 14.3. The van der Waals surface area contributed by atoms with Gasteiger partial charge in [0.2, 0.25) is 15.9 Å². The molecule has 2 aromatic carbocycles. The summed E-state index contributed by atoms with van der Waals surface area (Å²) >= 11 is 0. The van der Waals surface area contributed by atoms with E-state index >= 15 is 0 Å². The molecule has 0 saturated carbocycles. The van der Waals surface area contributed by atoms with Crippen LogP contribution < -0.4 is 4.90 Å². The SMILES string of the molecule is CC(=O)N1CCC(C)c2ccc(S(=O)(=O)N3CCN(C)CC3c3ccccc3)cc21. The van der Waals surface area contributed by atoms with Gasteiger partial charge in [-0.25, -0.2) is 8.42 Å². The lowest BCUT2D eigenvalue weighted by molar-refractivity contribution is -0.116. The second-order valence-electron chi connectivity index (χ2n) is 8.39. The molecule has 1 saturated heterocycles. The van der Waals surface area contributed by atoms with Crippen molar-refractivity contribution >= 4 is 21.6 Å². The van der Waals surface area contributed by atoms with E-state index in [0.29, 0.717) is 32.1 Å². The molecule has 4 rings (SSSR count). The van der Waals surface area contributed by atoms with E-state index in [2.05, 4.69) is 11.8 Å². The lowest BCUT2D eigenvalue weighted by Crippen LogP contribution is -2.49. The molecule has 2 aliphatic rings. The number of benzene rings is 2. The molecule has 0 N–H and O–H groups in total. The van der Waals surface area contributed by atoms with Gasteiger partial charge in [-0.2, -0.15) is 4.31 Å². The van der Waals surface area contributed by atoms with Crippen LogP contribution in [0.4, 0.5) is 5.69 Å². The number of fused-ring (bicyclic) bond motifs is 1. The molecule has 1 fully saturated rings. The lowest BCUT2D eigenvalue weighted by atomic mass is 9.91. The number of carbonyl (C=O) groups excluding carboxylic acids is 1. The average Bonchev–Trinajstić information content (AvgIpc) is 2.74. The minimum absolute atomic E-state index is 0.0561. The maximum absolute atomic E-state index is 13.7. The zero-order valence-corrected chi connectivity index (χ0v) is 18.6. The van der Waals surface area contributed by atoms with Crippen molar-refractivity contribution in [3.8, 4) is 0 Å². The first-order valence-corrected chi connectivity index (χ1v) is 11.9. The molecule has 0 radical (unpaired) electrons. The largest absolute Gasteiger partial charge is 0.312 e. The molecule has 7 heteroatoms. The maximum atomic E-state index is 13.7. The molecular weight excluding hydrogens is 398 g/mol. The van der Waals surface area contributed by atoms with E-state index in [1.165, 1.54) is 6.92 Å². The molecule has 6 nitrogen and oxygen atoms in total. The fraction of sp³-hybridized carbons (Fsp3) is 0.435. The maximum Gasteiger partial charge on any atom is 0.243 e. The summed E-state index contributed by atoms with van der Waals surface area (Å²) in [5.74, 6) is 0.243. The number of carbonyl (C=O) groups is 1. The number of hydrogen-bond acceptors (Lipinski definition) is 4. The van der Waals surface area contributed by atoms with Gasteiger partial charge in [0, 0.05) is 38.8 Å². The monoisotopic (exact) mass is 427 g/mol. The number of likely N-dealkylation sites (N-methyl/N-ethyl adjacent to an activating group) is 1. The van der Waals surface area contributed by atoms with Gasteiger partial charge in [0.1, 0.15) is 0 Å². The van der Waals surface area contributed by atoms with Gasteiger partial charge in [-0.1, -0.05) is 43.3 Å². The molecule has 2 heterocycles. The number of nitrogens with zero attached hydrogens (tertiary/aromatic N) is 3. The average molecular weight is 428 g/mol. The Kier molecular flexibility index (Phi) is 5.70. The Morgan fingerprint density at radius 2 is 1.77 bits per heavy atom. The molecule has 0 bridgehead atoms. The van der Waals surface area contributed by atoms with Crippen molar-refractivity contribution in [3.05, 3.63) is 59.7 Å². The number of amides is 1. The third kappa shape index (κ3) is 3.77. The van der Waals surface area contributed by atoms with E-state index in [0.717, 1.165) is 23.2 Å². The molecule has 0 aromatic heterocycles. The van der Waals surface area contributed by atoms with Gasteiger partial charge >= 0.3 is 0 Å². The van der Waals surface area contributed by atoms with Gasteiger partial charge < -0.3 is 9.80 Å². The molecular formula is C23H29N3O3S. The summed E-state index contributed by atoms with van der Waals surface area (Å²) in [5.41, 5.74) is 2.76. The Balaban J connectivity index is 1.76. The van der Waals surface area contributed by atoms with Crippen LogP contribution in [0, 0.1) is 0 Å². The third-order valence-corrected chi connectivity index (χ3v) is 8.22. The van der Waals surface area contributed by atoms with Crippen molar-refractivity contribution in [2.75, 3.05) is 38.1 Å². The molecule has 2 aromatic rings. The molecule has 0 spiro atoms. The van der Waals surface area contributed by atoms with Crippen LogP contribution in [0.5, 0.6) is 0 Å². The topological polar surface area (TPSA) is 60.9 Å². The molecule has 2 unspecified atom stereocenters. The summed E-state index contributed by atoms with van der Waals surface area (Å²) in [5, 5.41) is 0. The highest BCUT2D eigenvalue weighted by Crippen LogP contribution is 2.38. The fourth-order valence-electron chi connectivity index (χ4n) is 4.53. The van der Waals surface area contributed by atoms with Gasteiger partial charge in [-0.15, -0.1) is 0 Å². The standard InChI is InChI=1S/C23H29N3O3S/c1-17-11-12-25(18(2)27)22-15-20(9-10-21(17)22)30(28,29)26-14-13-24(3)16-23(26)19-7-5-4-6-8-19/h4-10,15,17,23H,11-14,16H2,1-3H3. The van der Waals surface area contributed by atoms with Crippen LogP contribution in [0.25, 0.3) is 0 Å². The quantitative estimate of drug-likeness (QED) is 0.755. The van der Waals surface area contributed by atoms with E-state index in [9.17, 15) is 13.2 Å². The van der Waals surface area contributed by atoms with E-state index in [-0.39, 0.29) is 16.8 Å². The molecule has 160 valence electrons. The molecule has 0 aliphatic carbocycles. The summed E-state index contributed by atoms with van der Waals surface area (Å²) in [6.07, 6.45) is 0.882. The van der Waals surface area contributed by atoms with Crippen LogP contribution >= 0.6 is 0 Å². The predicted molar refractivity (Wildman–Crippen MR) is 118 cm³/mol. The van der Waals surface area contributed by atoms with E-state index < -0.39 is 10.0 Å². The molecule has 2 atom stereocenters. The summed E-state index contributed by atoms with van der Waals surface area (Å²) in [7, 11) is -1.70. The lowest BCUT2D eigenvalue weighted by Gasteiger charge is -2.39. The Morgan fingerprint density at radius 1 is 1.03 bits per heavy atom. The van der Waals surface area contributed by atoms with Crippen LogP contribution in [-0.4, -0.2) is 56.8 Å². The van der Waals surface area contributed by atoms with Crippen molar-refractivity contribution in [3.63, 3.8) is 0 Å². The van der Waals surface area contributed by atoms with Crippen LogP contribution in [-0.2, 0) is 14.8 Å². The summed E-state index contributed by atoms with van der Waals surface area (Å²) in [6.45, 7) is 6.04. The zero-order valence-electron chi connectivity index (χ0n) is 17.8. The van der Waals surface area contributed by atoms with Gasteiger partial charge in [0.15, 0.2) is 0 Å². The fourth-order valence-corrected chi connectivity index (χ4v) is 6.15. The van der Waals surface area contributed by atoms with Crippen LogP contribution in [0.3, 0.4) is 0 Å². The van der Waals surface area contributed by atoms with Crippen molar-refractivity contribution in [1.29, 1.82) is 0 Å². The number of hydrogen-bond donors (Lipinski definition) is 0. The summed E-state index contributed by atoms with van der Waals surface area (Å²) in [4.78, 5) is 16.3. The Hall–Kier alpha value is -2.22. The second-order valence-corrected chi connectivity index (χ2v) is 10.3. The smallest absolute Gasteiger partial charge is 0.243 e. The Labute approximate surface area is 179 Å². The Morgan fingerprint density at radius 3 is 2.47 bits per heavy atom. The zero-order chi connectivity index (χ0) is 21.5. The normalized spacial score (nSPS) is 23.2. The van der Waals surface area contributed by atoms with Gasteiger partial charge in [0.05, 0.1) is 10.9 Å². The molecule has 2 aliphatic heterocycles. The van der Waals surface area contributed by atoms with Crippen LogP contribution in [0.1, 0.15) is 43.4 Å². The number of anilines is 1. The summed E-state index contributed by atoms with van der Waals surface area (Å²) in [6, 6.07) is 14.8. The van der Waals surface area contributed by atoms with E-state index in [1.54, 1.807) is 21.3 Å². The van der Waals surface area contributed by atoms with Crippen molar-refractivity contribution in [1.82, 2.24) is 9.21 Å². The number of sulfonamides is 1. The van der Waals surface area contributed by atoms with E-state index in [4.69, 9.17) is 0 Å². The minimum Gasteiger partial charge on any atom is -0.312 e. The number of piperazine rings is 1. The second kappa shape index (κ2) is 8.13. The highest BCUT2D eigenvalue weighted by atomic mass is 32.2. The first-order valence-electron chi connectivity index (χ1n) is 10.5. The molecule has 1 amide bonds. The Bertz CT molecular complexity index is 1040. The van der Waals surface area contributed by atoms with E-state index in [1.807, 2.05) is 43.4 Å². The van der Waals surface area contributed by atoms with Gasteiger partial charge in [-0.05, 0) is 42.6 Å². The predicted octanol–water partition coefficient (Wildman–Crippen LogP) is 3.22. The minimum atomic E-state index is -3.71. The van der Waals surface area contributed by atoms with Crippen LogP contribution in [0.2, 0.25) is 0 Å². The van der Waals surface area contributed by atoms with Crippen molar-refractivity contribution in [2.24, 2.45) is 0 Å². The summed E-state index contributed by atoms with van der Waals surface area (Å²) < 4.78 is 29.1. The molecule has 30 heavy (non-hydrogen) atoms. The first kappa shape index (κ1) is 21.0. The van der Waals surface area contributed by atoms with Gasteiger partial charge in [-0.3, -0.25) is 4.79 Å². The highest BCUT2D eigenvalue weighted by Gasteiger charge is 2.37.